The Morgan fingerprint density at radius 3 is 2.93 bits per heavy atom. The molecule has 8 heteroatoms. The Labute approximate surface area is 94.3 Å². The molecule has 2 aromatic heterocycles. The molecule has 6 nitrogen and oxygen atoms in total. The minimum absolute atomic E-state index is 0.555. The summed E-state index contributed by atoms with van der Waals surface area (Å²) in [5.74, 6) is 6.46. The molecule has 0 saturated carbocycles. The monoisotopic (exact) mass is 240 g/mol. The number of anilines is 1. The highest BCUT2D eigenvalue weighted by Crippen LogP contribution is 2.22. The van der Waals surface area contributed by atoms with Crippen LogP contribution in [-0.2, 0) is 5.75 Å². The number of nitrogens with two attached hydrogens (primary N) is 1. The fourth-order valence-electron chi connectivity index (χ4n) is 0.865. The molecule has 0 amide bonds. The Kier molecular flexibility index (Phi) is 3.43. The summed E-state index contributed by atoms with van der Waals surface area (Å²) >= 11 is 3.09. The van der Waals surface area contributed by atoms with E-state index in [2.05, 4.69) is 25.6 Å². The molecule has 0 saturated heterocycles. The second-order valence-corrected chi connectivity index (χ2v) is 4.59. The van der Waals surface area contributed by atoms with Crippen LogP contribution < -0.4 is 11.3 Å². The zero-order valence-electron chi connectivity index (χ0n) is 7.62. The molecule has 2 aromatic rings. The van der Waals surface area contributed by atoms with Crippen LogP contribution in [-0.4, -0.2) is 20.2 Å². The first-order chi connectivity index (χ1) is 7.38. The standard InChI is InChI=1S/C7H8N6S2/c8-12-6-2-9-5(1-10-6)3-14-7-13-11-4-15-7/h1-2,4H,3,8H2,(H,10,12). The highest BCUT2D eigenvalue weighted by molar-refractivity contribution is 8.00. The molecule has 2 rings (SSSR count). The van der Waals surface area contributed by atoms with Crippen LogP contribution in [0.25, 0.3) is 0 Å². The van der Waals surface area contributed by atoms with Gasteiger partial charge in [-0.25, -0.2) is 10.8 Å². The molecular formula is C7H8N6S2. The summed E-state index contributed by atoms with van der Waals surface area (Å²) in [7, 11) is 0. The van der Waals surface area contributed by atoms with E-state index >= 15 is 0 Å². The van der Waals surface area contributed by atoms with E-state index in [1.807, 2.05) is 0 Å². The topological polar surface area (TPSA) is 89.6 Å². The van der Waals surface area contributed by atoms with E-state index in [0.29, 0.717) is 5.82 Å². The molecule has 78 valence electrons. The van der Waals surface area contributed by atoms with Crippen molar-refractivity contribution >= 4 is 28.9 Å². The summed E-state index contributed by atoms with van der Waals surface area (Å²) in [6.45, 7) is 0. The van der Waals surface area contributed by atoms with E-state index in [9.17, 15) is 0 Å². The molecule has 0 bridgehead atoms. The van der Waals surface area contributed by atoms with Crippen LogP contribution in [0.3, 0.4) is 0 Å². The Bertz CT molecular complexity index is 400. The van der Waals surface area contributed by atoms with Gasteiger partial charge in [0.15, 0.2) is 10.2 Å². The summed E-state index contributed by atoms with van der Waals surface area (Å²) in [6.07, 6.45) is 3.28. The van der Waals surface area contributed by atoms with Crippen molar-refractivity contribution in [1.29, 1.82) is 0 Å². The van der Waals surface area contributed by atoms with Crippen molar-refractivity contribution in [2.24, 2.45) is 5.84 Å². The number of aromatic nitrogens is 4. The Morgan fingerprint density at radius 2 is 2.33 bits per heavy atom. The second kappa shape index (κ2) is 5.01. The highest BCUT2D eigenvalue weighted by Gasteiger charge is 2.01. The summed E-state index contributed by atoms with van der Waals surface area (Å²) in [5, 5.41) is 7.66. The van der Waals surface area contributed by atoms with Crippen molar-refractivity contribution in [3.8, 4) is 0 Å². The molecule has 15 heavy (non-hydrogen) atoms. The van der Waals surface area contributed by atoms with Gasteiger partial charge in [0.2, 0.25) is 0 Å². The van der Waals surface area contributed by atoms with Gasteiger partial charge in [-0.1, -0.05) is 23.1 Å². The van der Waals surface area contributed by atoms with Crippen molar-refractivity contribution in [2.75, 3.05) is 5.43 Å². The van der Waals surface area contributed by atoms with Crippen molar-refractivity contribution in [3.05, 3.63) is 23.6 Å². The number of nitrogens with one attached hydrogen (secondary N) is 1. The van der Waals surface area contributed by atoms with E-state index in [0.717, 1.165) is 15.8 Å². The van der Waals surface area contributed by atoms with E-state index in [1.54, 1.807) is 29.7 Å². The first-order valence-corrected chi connectivity index (χ1v) is 5.91. The van der Waals surface area contributed by atoms with Crippen LogP contribution in [0.2, 0.25) is 0 Å². The van der Waals surface area contributed by atoms with Crippen molar-refractivity contribution in [3.63, 3.8) is 0 Å². The molecule has 2 heterocycles. The number of nitrogen functional groups attached to an aromatic ring is 1. The summed E-state index contributed by atoms with van der Waals surface area (Å²) in [6, 6.07) is 0. The average Bonchev–Trinajstić information content (AvgIpc) is 2.80. The Morgan fingerprint density at radius 1 is 1.40 bits per heavy atom. The number of rotatable bonds is 4. The number of nitrogens with zero attached hydrogens (tertiary/aromatic N) is 4. The lowest BCUT2D eigenvalue weighted by Crippen LogP contribution is -2.08. The second-order valence-electron chi connectivity index (χ2n) is 2.53. The smallest absolute Gasteiger partial charge is 0.174 e. The third-order valence-electron chi connectivity index (χ3n) is 1.54. The average molecular weight is 240 g/mol. The predicted molar refractivity (Wildman–Crippen MR) is 59.3 cm³/mol. The van der Waals surface area contributed by atoms with Gasteiger partial charge < -0.3 is 5.43 Å². The molecule has 0 aromatic carbocycles. The van der Waals surface area contributed by atoms with Gasteiger partial charge >= 0.3 is 0 Å². The maximum Gasteiger partial charge on any atom is 0.174 e. The van der Waals surface area contributed by atoms with Gasteiger partial charge in [0.25, 0.3) is 0 Å². The fraction of sp³-hybridized carbons (Fsp3) is 0.143. The molecule has 3 N–H and O–H groups in total. The molecular weight excluding hydrogens is 232 g/mol. The first-order valence-electron chi connectivity index (χ1n) is 4.05. The maximum atomic E-state index is 5.18. The van der Waals surface area contributed by atoms with Crippen LogP contribution in [0.5, 0.6) is 0 Å². The van der Waals surface area contributed by atoms with Crippen LogP contribution >= 0.6 is 23.1 Å². The summed E-state index contributed by atoms with van der Waals surface area (Å²) in [4.78, 5) is 8.23. The molecule has 0 aliphatic heterocycles. The third kappa shape index (κ3) is 2.85. The minimum Gasteiger partial charge on any atom is -0.307 e. The van der Waals surface area contributed by atoms with Gasteiger partial charge in [-0.2, -0.15) is 0 Å². The number of hydrazine groups is 1. The van der Waals surface area contributed by atoms with Gasteiger partial charge in [0.05, 0.1) is 18.1 Å². The van der Waals surface area contributed by atoms with Gasteiger partial charge in [0, 0.05) is 5.75 Å². The molecule has 0 radical (unpaired) electrons. The minimum atomic E-state index is 0.555. The predicted octanol–water partition coefficient (Wildman–Crippen LogP) is 0.906. The lowest BCUT2D eigenvalue weighted by Gasteiger charge is -1.99. The molecule has 0 aliphatic carbocycles. The molecule has 0 fully saturated rings. The van der Waals surface area contributed by atoms with E-state index in [-0.39, 0.29) is 0 Å². The van der Waals surface area contributed by atoms with Crippen molar-refractivity contribution in [2.45, 2.75) is 10.1 Å². The summed E-state index contributed by atoms with van der Waals surface area (Å²) < 4.78 is 0.929. The largest absolute Gasteiger partial charge is 0.307 e. The first kappa shape index (κ1) is 10.3. The quantitative estimate of drug-likeness (QED) is 0.466. The maximum absolute atomic E-state index is 5.18. The van der Waals surface area contributed by atoms with Crippen LogP contribution in [0, 0.1) is 0 Å². The van der Waals surface area contributed by atoms with Gasteiger partial charge in [-0.3, -0.25) is 4.98 Å². The fourth-order valence-corrected chi connectivity index (χ4v) is 2.25. The molecule has 0 unspecified atom stereocenters. The summed E-state index contributed by atoms with van der Waals surface area (Å²) in [5.41, 5.74) is 5.01. The van der Waals surface area contributed by atoms with Gasteiger partial charge in [-0.05, 0) is 0 Å². The molecule has 0 aliphatic rings. The van der Waals surface area contributed by atoms with Crippen molar-refractivity contribution < 1.29 is 0 Å². The number of thioether (sulfide) groups is 1. The highest BCUT2D eigenvalue weighted by atomic mass is 32.2. The van der Waals surface area contributed by atoms with E-state index in [1.165, 1.54) is 11.3 Å². The van der Waals surface area contributed by atoms with Gasteiger partial charge in [-0.15, -0.1) is 10.2 Å². The lowest BCUT2D eigenvalue weighted by molar-refractivity contribution is 1.01. The zero-order chi connectivity index (χ0) is 10.5. The van der Waals surface area contributed by atoms with Crippen LogP contribution in [0.4, 0.5) is 5.82 Å². The number of hydrogen-bond donors (Lipinski definition) is 2. The Hall–Kier alpha value is -1.25. The molecule has 0 spiro atoms. The molecule has 0 atom stereocenters. The van der Waals surface area contributed by atoms with Crippen molar-refractivity contribution in [1.82, 2.24) is 20.2 Å². The SMILES string of the molecule is NNc1cnc(CSc2nncs2)cn1. The van der Waals surface area contributed by atoms with Crippen LogP contribution in [0.1, 0.15) is 5.69 Å². The lowest BCUT2D eigenvalue weighted by atomic mass is 10.5. The third-order valence-corrected chi connectivity index (χ3v) is 3.43. The zero-order valence-corrected chi connectivity index (χ0v) is 9.25. The Balaban J connectivity index is 1.93. The van der Waals surface area contributed by atoms with E-state index in [4.69, 9.17) is 5.84 Å². The van der Waals surface area contributed by atoms with Crippen LogP contribution in [0.15, 0.2) is 22.2 Å². The van der Waals surface area contributed by atoms with Gasteiger partial charge in [0.1, 0.15) is 5.51 Å². The van der Waals surface area contributed by atoms with E-state index < -0.39 is 0 Å². The normalized spacial score (nSPS) is 10.2. The number of hydrogen-bond acceptors (Lipinski definition) is 8.